The molecule has 3 aromatic heterocycles. The van der Waals surface area contributed by atoms with Crippen molar-refractivity contribution in [3.8, 4) is 11.3 Å². The Kier molecular flexibility index (Phi) is 6.51. The highest BCUT2D eigenvalue weighted by Gasteiger charge is 2.51. The number of nitrogens with one attached hydrogen (secondary N) is 1. The quantitative estimate of drug-likeness (QED) is 0.315. The van der Waals surface area contributed by atoms with Gasteiger partial charge in [0.1, 0.15) is 5.52 Å². The molecule has 2 aliphatic heterocycles. The minimum Gasteiger partial charge on any atom is -0.375 e. The number of aliphatic hydroxyl groups is 1. The SMILES string of the molecule is CC(C)n1cnc2cc(-c3ccc4c(c3)N([C@H]3C[C@@H](N5CCCCC5)C3)C(=O)[C@@]4(C)O)nc(Nc3ccncc3F)c21. The zero-order valence-electron chi connectivity index (χ0n) is 24.2. The average Bonchev–Trinajstić information content (AvgIpc) is 3.47. The summed E-state index contributed by atoms with van der Waals surface area (Å²) in [6.45, 7) is 7.96. The molecule has 1 saturated carbocycles. The molecular weight excluding hydrogens is 533 g/mol. The van der Waals surface area contributed by atoms with Crippen LogP contribution in [0, 0.1) is 5.82 Å². The van der Waals surface area contributed by atoms with E-state index in [2.05, 4.69) is 34.0 Å². The molecule has 7 rings (SSSR count). The van der Waals surface area contributed by atoms with E-state index in [1.807, 2.05) is 33.7 Å². The Morgan fingerprint density at radius 1 is 1.10 bits per heavy atom. The van der Waals surface area contributed by atoms with Crippen LogP contribution in [0.2, 0.25) is 0 Å². The van der Waals surface area contributed by atoms with Crippen LogP contribution < -0.4 is 10.2 Å². The lowest BCUT2D eigenvalue weighted by atomic mass is 9.83. The van der Waals surface area contributed by atoms with Gasteiger partial charge in [-0.15, -0.1) is 0 Å². The number of aromatic nitrogens is 4. The molecule has 3 aliphatic rings. The first-order valence-corrected chi connectivity index (χ1v) is 14.9. The summed E-state index contributed by atoms with van der Waals surface area (Å²) in [6.07, 6.45) is 10.1. The molecule has 0 spiro atoms. The van der Waals surface area contributed by atoms with Gasteiger partial charge in [0.2, 0.25) is 0 Å². The number of benzene rings is 1. The van der Waals surface area contributed by atoms with E-state index < -0.39 is 11.4 Å². The second kappa shape index (κ2) is 10.1. The van der Waals surface area contributed by atoms with Gasteiger partial charge in [-0.2, -0.15) is 0 Å². The van der Waals surface area contributed by atoms with Crippen molar-refractivity contribution in [2.24, 2.45) is 0 Å². The van der Waals surface area contributed by atoms with E-state index >= 15 is 0 Å². The van der Waals surface area contributed by atoms with Gasteiger partial charge in [0.25, 0.3) is 5.91 Å². The number of carbonyl (C=O) groups is 1. The van der Waals surface area contributed by atoms with Crippen molar-refractivity contribution in [3.63, 3.8) is 0 Å². The molecule has 0 unspecified atom stereocenters. The Balaban J connectivity index is 1.27. The number of likely N-dealkylation sites (tertiary alicyclic amines) is 1. The number of pyridine rings is 2. The smallest absolute Gasteiger partial charge is 0.263 e. The molecule has 1 aliphatic carbocycles. The van der Waals surface area contributed by atoms with Crippen LogP contribution in [0.3, 0.4) is 0 Å². The third-order valence-corrected chi connectivity index (χ3v) is 9.21. The molecule has 218 valence electrons. The van der Waals surface area contributed by atoms with Gasteiger partial charge >= 0.3 is 0 Å². The first-order valence-electron chi connectivity index (χ1n) is 14.9. The zero-order valence-corrected chi connectivity index (χ0v) is 24.2. The normalized spacial score (nSPS) is 24.3. The second-order valence-corrected chi connectivity index (χ2v) is 12.3. The third-order valence-electron chi connectivity index (χ3n) is 9.21. The summed E-state index contributed by atoms with van der Waals surface area (Å²) in [7, 11) is 0. The average molecular weight is 570 g/mol. The highest BCUT2D eigenvalue weighted by Crippen LogP contribution is 2.47. The Hall–Kier alpha value is -3.89. The van der Waals surface area contributed by atoms with Gasteiger partial charge in [0.05, 0.1) is 35.1 Å². The van der Waals surface area contributed by atoms with Crippen molar-refractivity contribution in [1.82, 2.24) is 24.4 Å². The maximum atomic E-state index is 14.6. The summed E-state index contributed by atoms with van der Waals surface area (Å²) in [6, 6.07) is 9.81. The van der Waals surface area contributed by atoms with Crippen LogP contribution >= 0.6 is 0 Å². The van der Waals surface area contributed by atoms with Crippen LogP contribution in [0.1, 0.15) is 64.5 Å². The molecule has 10 heteroatoms. The van der Waals surface area contributed by atoms with Gasteiger partial charge in [-0.3, -0.25) is 9.78 Å². The van der Waals surface area contributed by atoms with E-state index in [0.717, 1.165) is 54.4 Å². The van der Waals surface area contributed by atoms with Gasteiger partial charge in [0.15, 0.2) is 17.2 Å². The molecule has 1 aromatic carbocycles. The summed E-state index contributed by atoms with van der Waals surface area (Å²) in [5, 5.41) is 14.4. The minimum absolute atomic E-state index is 0.0523. The largest absolute Gasteiger partial charge is 0.375 e. The molecule has 0 bridgehead atoms. The molecule has 1 saturated heterocycles. The van der Waals surface area contributed by atoms with E-state index in [4.69, 9.17) is 4.98 Å². The monoisotopic (exact) mass is 569 g/mol. The van der Waals surface area contributed by atoms with Crippen LogP contribution in [-0.4, -0.2) is 60.6 Å². The molecule has 2 N–H and O–H groups in total. The molecular formula is C32H36FN7O2. The Labute approximate surface area is 244 Å². The fourth-order valence-electron chi connectivity index (χ4n) is 6.77. The highest BCUT2D eigenvalue weighted by atomic mass is 19.1. The fraction of sp³-hybridized carbons (Fsp3) is 0.438. The van der Waals surface area contributed by atoms with Crippen molar-refractivity contribution in [2.45, 2.75) is 76.6 Å². The molecule has 1 atom stereocenters. The van der Waals surface area contributed by atoms with Crippen LogP contribution in [0.25, 0.3) is 22.3 Å². The topological polar surface area (TPSA) is 99.4 Å². The summed E-state index contributed by atoms with van der Waals surface area (Å²) in [5.74, 6) is -0.278. The van der Waals surface area contributed by atoms with Crippen molar-refractivity contribution < 1.29 is 14.3 Å². The number of nitrogens with zero attached hydrogens (tertiary/aromatic N) is 6. The molecule has 5 heterocycles. The van der Waals surface area contributed by atoms with Gasteiger partial charge in [-0.25, -0.2) is 14.4 Å². The zero-order chi connectivity index (χ0) is 29.2. The summed E-state index contributed by atoms with van der Waals surface area (Å²) in [5.41, 5.74) is 2.93. The Bertz CT molecular complexity index is 1670. The maximum absolute atomic E-state index is 14.6. The third kappa shape index (κ3) is 4.35. The first-order chi connectivity index (χ1) is 20.2. The van der Waals surface area contributed by atoms with E-state index in [-0.39, 0.29) is 23.7 Å². The van der Waals surface area contributed by atoms with Crippen molar-refractivity contribution in [2.75, 3.05) is 23.3 Å². The van der Waals surface area contributed by atoms with E-state index in [9.17, 15) is 14.3 Å². The number of carbonyl (C=O) groups excluding carboxylic acids is 1. The van der Waals surface area contributed by atoms with E-state index in [0.29, 0.717) is 23.1 Å². The van der Waals surface area contributed by atoms with Crippen LogP contribution in [0.5, 0.6) is 0 Å². The summed E-state index contributed by atoms with van der Waals surface area (Å²) in [4.78, 5) is 31.4. The number of hydrogen-bond donors (Lipinski definition) is 2. The molecule has 2 fully saturated rings. The second-order valence-electron chi connectivity index (χ2n) is 12.3. The molecule has 4 aromatic rings. The standard InChI is InChI=1S/C32H36FN7O2/c1-19(2)39-18-35-27-16-26(37-30(29(27)39)36-25-9-10-34-17-24(25)33)20-7-8-23-28(13-20)40(31(41)32(23,3)42)22-14-21(15-22)38-11-5-4-6-12-38/h7-10,13,16-19,21-22,42H,4-6,11-12,14-15H2,1-3H3,(H,34,36,37)/t21-,22+,32-/m0/s1. The fourth-order valence-corrected chi connectivity index (χ4v) is 6.77. The van der Waals surface area contributed by atoms with Gasteiger partial charge in [-0.1, -0.05) is 18.6 Å². The Morgan fingerprint density at radius 3 is 2.62 bits per heavy atom. The van der Waals surface area contributed by atoms with E-state index in [1.54, 1.807) is 19.3 Å². The number of fused-ring (bicyclic) bond motifs is 2. The summed E-state index contributed by atoms with van der Waals surface area (Å²) < 4.78 is 16.6. The lowest BCUT2D eigenvalue weighted by Crippen LogP contribution is -2.57. The van der Waals surface area contributed by atoms with E-state index in [1.165, 1.54) is 25.5 Å². The number of anilines is 3. The van der Waals surface area contributed by atoms with Gasteiger partial charge in [-0.05, 0) is 77.7 Å². The lowest BCUT2D eigenvalue weighted by Gasteiger charge is -2.47. The van der Waals surface area contributed by atoms with Crippen molar-refractivity contribution >= 4 is 34.1 Å². The molecule has 1 amide bonds. The van der Waals surface area contributed by atoms with Gasteiger partial charge < -0.3 is 24.8 Å². The summed E-state index contributed by atoms with van der Waals surface area (Å²) >= 11 is 0. The predicted molar refractivity (Wildman–Crippen MR) is 160 cm³/mol. The number of rotatable bonds is 6. The molecule has 42 heavy (non-hydrogen) atoms. The molecule has 9 nitrogen and oxygen atoms in total. The van der Waals surface area contributed by atoms with Crippen LogP contribution in [-0.2, 0) is 10.4 Å². The van der Waals surface area contributed by atoms with Gasteiger partial charge in [0, 0.05) is 35.4 Å². The number of halogens is 1. The number of hydrogen-bond acceptors (Lipinski definition) is 7. The lowest BCUT2D eigenvalue weighted by molar-refractivity contribution is -0.135. The highest BCUT2D eigenvalue weighted by molar-refractivity contribution is 6.08. The maximum Gasteiger partial charge on any atom is 0.263 e. The molecule has 0 radical (unpaired) electrons. The minimum atomic E-state index is -1.58. The van der Waals surface area contributed by atoms with Crippen molar-refractivity contribution in [1.29, 1.82) is 0 Å². The first kappa shape index (κ1) is 27.0. The predicted octanol–water partition coefficient (Wildman–Crippen LogP) is 5.53. The number of imidazole rings is 1. The van der Waals surface area contributed by atoms with Crippen LogP contribution in [0.4, 0.5) is 21.6 Å². The van der Waals surface area contributed by atoms with Crippen LogP contribution in [0.15, 0.2) is 49.1 Å². The number of amides is 1. The van der Waals surface area contributed by atoms with Crippen molar-refractivity contribution in [3.05, 3.63) is 60.4 Å². The Morgan fingerprint density at radius 2 is 1.88 bits per heavy atom. The number of piperidine rings is 1.